The van der Waals surface area contributed by atoms with Crippen LogP contribution in [0.25, 0.3) is 11.2 Å². The molecule has 0 aromatic carbocycles. The molecule has 0 aliphatic carbocycles. The molecule has 2 aromatic heterocycles. The fourth-order valence-electron chi connectivity index (χ4n) is 3.80. The van der Waals surface area contributed by atoms with Crippen molar-refractivity contribution in [2.24, 2.45) is 0 Å². The first-order valence-electron chi connectivity index (χ1n) is 11.1. The summed E-state index contributed by atoms with van der Waals surface area (Å²) in [6.45, 7) is 20.0. The number of rotatable bonds is 9. The summed E-state index contributed by atoms with van der Waals surface area (Å²) in [6, 6.07) is 0. The van der Waals surface area contributed by atoms with E-state index in [4.69, 9.17) is 13.6 Å². The fourth-order valence-corrected chi connectivity index (χ4v) is 7.46. The standard InChI is InChI=1S/C20H39N5O3SSi3/c1-29-11-14-16(27-31(5,6)7)17(28-32(8,9)10)20(26-14)25-13-23-15-18(24-30(2,3)4)21-12-22-19(15)25/h12-14,16-17,20H,11H2,1-10H3,(H,21,22,24)/t14-,16-,17-,20-/m1/s1. The molecule has 3 heterocycles. The Morgan fingerprint density at radius 1 is 0.969 bits per heavy atom. The Bertz CT molecular complexity index is 926. The first-order valence-corrected chi connectivity index (χ1v) is 22.9. The van der Waals surface area contributed by atoms with E-state index in [1.165, 1.54) is 0 Å². The highest BCUT2D eigenvalue weighted by molar-refractivity contribution is 7.98. The van der Waals surface area contributed by atoms with E-state index in [9.17, 15) is 0 Å². The van der Waals surface area contributed by atoms with E-state index in [2.05, 4.69) is 85.1 Å². The molecule has 0 radical (unpaired) electrons. The Morgan fingerprint density at radius 2 is 1.59 bits per heavy atom. The molecular weight excluding hydrogens is 475 g/mol. The Kier molecular flexibility index (Phi) is 7.65. The van der Waals surface area contributed by atoms with Crippen molar-refractivity contribution in [1.82, 2.24) is 19.5 Å². The number of imidazole rings is 1. The topological polar surface area (TPSA) is 83.3 Å². The Hall–Kier alpha value is -0.769. The van der Waals surface area contributed by atoms with E-state index in [1.807, 2.05) is 10.9 Å². The highest BCUT2D eigenvalue weighted by Gasteiger charge is 2.50. The van der Waals surface area contributed by atoms with E-state index in [0.29, 0.717) is 0 Å². The number of hydrogen-bond acceptors (Lipinski definition) is 8. The summed E-state index contributed by atoms with van der Waals surface area (Å²) in [6.07, 6.45) is 4.78. The van der Waals surface area contributed by atoms with E-state index in [-0.39, 0.29) is 24.5 Å². The van der Waals surface area contributed by atoms with Gasteiger partial charge < -0.3 is 18.6 Å². The van der Waals surface area contributed by atoms with Crippen molar-refractivity contribution in [3.63, 3.8) is 0 Å². The molecule has 3 rings (SSSR count). The number of anilines is 1. The number of thioether (sulfide) groups is 1. The van der Waals surface area contributed by atoms with Gasteiger partial charge in [-0.15, -0.1) is 0 Å². The Morgan fingerprint density at radius 3 is 2.16 bits per heavy atom. The third-order valence-electron chi connectivity index (χ3n) is 4.72. The first-order chi connectivity index (χ1) is 14.7. The van der Waals surface area contributed by atoms with Crippen molar-refractivity contribution in [2.45, 2.75) is 83.5 Å². The van der Waals surface area contributed by atoms with Crippen molar-refractivity contribution in [3.05, 3.63) is 12.7 Å². The fraction of sp³-hybridized carbons (Fsp3) is 0.750. The van der Waals surface area contributed by atoms with Gasteiger partial charge in [-0.1, -0.05) is 19.6 Å². The second-order valence-electron chi connectivity index (χ2n) is 11.3. The summed E-state index contributed by atoms with van der Waals surface area (Å²) >= 11 is 1.77. The van der Waals surface area contributed by atoms with Gasteiger partial charge in [-0.2, -0.15) is 11.8 Å². The zero-order valence-corrected chi connectivity index (χ0v) is 24.9. The Balaban J connectivity index is 2.05. The number of nitrogens with one attached hydrogen (secondary N) is 1. The molecule has 0 spiro atoms. The monoisotopic (exact) mass is 513 g/mol. The predicted octanol–water partition coefficient (Wildman–Crippen LogP) is 4.77. The van der Waals surface area contributed by atoms with Gasteiger partial charge in [0.2, 0.25) is 0 Å². The van der Waals surface area contributed by atoms with E-state index >= 15 is 0 Å². The van der Waals surface area contributed by atoms with Crippen LogP contribution in [-0.2, 0) is 13.6 Å². The van der Waals surface area contributed by atoms with Crippen molar-refractivity contribution in [1.29, 1.82) is 0 Å². The highest BCUT2D eigenvalue weighted by Crippen LogP contribution is 2.39. The van der Waals surface area contributed by atoms with Gasteiger partial charge in [-0.3, -0.25) is 4.57 Å². The average Bonchev–Trinajstić information content (AvgIpc) is 3.15. The minimum absolute atomic E-state index is 0.0538. The molecule has 2 aromatic rings. The second-order valence-corrected chi connectivity index (χ2v) is 25.9. The lowest BCUT2D eigenvalue weighted by molar-refractivity contribution is -0.0233. The zero-order chi connectivity index (χ0) is 23.9. The average molecular weight is 514 g/mol. The molecule has 4 atom stereocenters. The number of fused-ring (bicyclic) bond motifs is 1. The van der Waals surface area contributed by atoms with Crippen LogP contribution in [0.5, 0.6) is 0 Å². The number of aromatic nitrogens is 4. The lowest BCUT2D eigenvalue weighted by Gasteiger charge is -2.34. The van der Waals surface area contributed by atoms with Crippen LogP contribution >= 0.6 is 11.8 Å². The maximum Gasteiger partial charge on any atom is 0.184 e. The van der Waals surface area contributed by atoms with Crippen molar-refractivity contribution >= 4 is 53.6 Å². The van der Waals surface area contributed by atoms with Crippen LogP contribution in [0.1, 0.15) is 6.23 Å². The van der Waals surface area contributed by atoms with E-state index in [1.54, 1.807) is 18.1 Å². The summed E-state index contributed by atoms with van der Waals surface area (Å²) < 4.78 is 22.1. The molecule has 180 valence electrons. The van der Waals surface area contributed by atoms with Crippen molar-refractivity contribution in [3.8, 4) is 0 Å². The van der Waals surface area contributed by atoms with Crippen LogP contribution in [0.2, 0.25) is 58.9 Å². The molecule has 1 aliphatic heterocycles. The maximum atomic E-state index is 6.73. The molecule has 8 nitrogen and oxygen atoms in total. The normalized spacial score (nSPS) is 24.9. The van der Waals surface area contributed by atoms with Gasteiger partial charge >= 0.3 is 0 Å². The molecule has 1 saturated heterocycles. The third-order valence-corrected chi connectivity index (χ3v) is 8.33. The lowest BCUT2D eigenvalue weighted by Crippen LogP contribution is -2.47. The molecule has 1 N–H and O–H groups in total. The van der Waals surface area contributed by atoms with Crippen molar-refractivity contribution < 1.29 is 13.6 Å². The van der Waals surface area contributed by atoms with Gasteiger partial charge in [-0.25, -0.2) is 15.0 Å². The minimum atomic E-state index is -1.88. The summed E-state index contributed by atoms with van der Waals surface area (Å²) in [7, 11) is -5.31. The van der Waals surface area contributed by atoms with Gasteiger partial charge in [-0.05, 0) is 45.5 Å². The van der Waals surface area contributed by atoms with Gasteiger partial charge in [0.15, 0.2) is 28.5 Å². The number of nitrogens with zero attached hydrogens (tertiary/aromatic N) is 4. The molecule has 1 fully saturated rings. The first kappa shape index (κ1) is 25.8. The summed E-state index contributed by atoms with van der Waals surface area (Å²) in [4.78, 5) is 17.3. The predicted molar refractivity (Wildman–Crippen MR) is 141 cm³/mol. The SMILES string of the molecule is CSC[C@H]1O[C@@H](n2cnc3c(N[Si](C)(C)C)ncnc32)[C@H](O[Si](C)(C)C)[C@@H]1O[Si](C)(C)C. The lowest BCUT2D eigenvalue weighted by atomic mass is 10.1. The summed E-state index contributed by atoms with van der Waals surface area (Å²) in [5.74, 6) is 1.63. The second kappa shape index (κ2) is 9.47. The maximum absolute atomic E-state index is 6.73. The molecule has 12 heteroatoms. The van der Waals surface area contributed by atoms with Crippen LogP contribution in [-0.4, -0.2) is 74.7 Å². The zero-order valence-electron chi connectivity index (χ0n) is 21.1. The van der Waals surface area contributed by atoms with Crippen LogP contribution in [0.15, 0.2) is 12.7 Å². The van der Waals surface area contributed by atoms with Crippen LogP contribution < -0.4 is 4.98 Å². The third kappa shape index (κ3) is 6.42. The number of ether oxygens (including phenoxy) is 1. The van der Waals surface area contributed by atoms with Gasteiger partial charge in [0.05, 0.1) is 12.4 Å². The molecular formula is C20H39N5O3SSi3. The smallest absolute Gasteiger partial charge is 0.184 e. The van der Waals surface area contributed by atoms with Crippen molar-refractivity contribution in [2.75, 3.05) is 17.0 Å². The van der Waals surface area contributed by atoms with Crippen LogP contribution in [0.4, 0.5) is 5.82 Å². The van der Waals surface area contributed by atoms with Crippen LogP contribution in [0, 0.1) is 0 Å². The van der Waals surface area contributed by atoms with Crippen LogP contribution in [0.3, 0.4) is 0 Å². The van der Waals surface area contributed by atoms with Gasteiger partial charge in [0.1, 0.15) is 38.1 Å². The number of hydrogen-bond donors (Lipinski definition) is 1. The van der Waals surface area contributed by atoms with Gasteiger partial charge in [0, 0.05) is 5.75 Å². The largest absolute Gasteiger partial charge is 0.409 e. The minimum Gasteiger partial charge on any atom is -0.409 e. The summed E-state index contributed by atoms with van der Waals surface area (Å²) in [5, 5.41) is 0. The van der Waals surface area contributed by atoms with Gasteiger partial charge in [0.25, 0.3) is 0 Å². The van der Waals surface area contributed by atoms with E-state index < -0.39 is 24.9 Å². The Labute approximate surface area is 199 Å². The van der Waals surface area contributed by atoms with E-state index in [0.717, 1.165) is 22.7 Å². The molecule has 1 aliphatic rings. The highest BCUT2D eigenvalue weighted by atomic mass is 32.2. The quantitative estimate of drug-likeness (QED) is 0.480. The summed E-state index contributed by atoms with van der Waals surface area (Å²) in [5.41, 5.74) is 1.52. The molecule has 0 unspecified atom stereocenters. The molecule has 0 saturated carbocycles. The molecule has 0 amide bonds. The molecule has 32 heavy (non-hydrogen) atoms. The molecule has 0 bridgehead atoms.